The maximum Gasteiger partial charge on any atom is 0.208 e. The SMILES string of the molecule is C1=C([S+]2c3ccccc3Oc3ccccc32)CCC1.[O-][Cl+3]([O-])([O-])[O-]. The van der Waals surface area contributed by atoms with Gasteiger partial charge in [-0.3, -0.25) is 0 Å². The van der Waals surface area contributed by atoms with Gasteiger partial charge in [-0.2, -0.15) is 0 Å². The molecule has 0 atom stereocenters. The molecule has 5 nitrogen and oxygen atoms in total. The summed E-state index contributed by atoms with van der Waals surface area (Å²) < 4.78 is 40.0. The summed E-state index contributed by atoms with van der Waals surface area (Å²) in [7, 11) is -4.88. The fourth-order valence-corrected chi connectivity index (χ4v) is 5.24. The highest BCUT2D eigenvalue weighted by Crippen LogP contribution is 2.48. The number of rotatable bonds is 1. The first-order valence-corrected chi connectivity index (χ1v) is 9.80. The largest absolute Gasteiger partial charge is 0.447 e. The maximum atomic E-state index is 8.49. The lowest BCUT2D eigenvalue weighted by Gasteiger charge is -2.19. The van der Waals surface area contributed by atoms with Crippen LogP contribution in [0.1, 0.15) is 19.3 Å². The van der Waals surface area contributed by atoms with Gasteiger partial charge in [0.25, 0.3) is 0 Å². The third-order valence-corrected chi connectivity index (χ3v) is 6.07. The van der Waals surface area contributed by atoms with Crippen molar-refractivity contribution in [3.05, 3.63) is 59.5 Å². The molecule has 0 fully saturated rings. The predicted octanol–water partition coefficient (Wildman–Crippen LogP) is 0.140. The summed E-state index contributed by atoms with van der Waals surface area (Å²) >= 11 is 0. The van der Waals surface area contributed by atoms with Crippen molar-refractivity contribution in [1.82, 2.24) is 0 Å². The molecular formula is C17H15ClO5S. The van der Waals surface area contributed by atoms with E-state index in [0.29, 0.717) is 0 Å². The third kappa shape index (κ3) is 4.10. The quantitative estimate of drug-likeness (QED) is 0.668. The maximum absolute atomic E-state index is 8.49. The molecule has 0 amide bonds. The Hall–Kier alpha value is -1.54. The van der Waals surface area contributed by atoms with Gasteiger partial charge >= 0.3 is 0 Å². The number of hydrogen-bond acceptors (Lipinski definition) is 5. The third-order valence-electron chi connectivity index (χ3n) is 3.62. The fraction of sp³-hybridized carbons (Fsp3) is 0.176. The number of allylic oxidation sites excluding steroid dienone is 2. The molecule has 2 aromatic rings. The summed E-state index contributed by atoms with van der Waals surface area (Å²) in [4.78, 5) is 4.27. The lowest BCUT2D eigenvalue weighted by molar-refractivity contribution is -2.00. The first-order chi connectivity index (χ1) is 11.4. The van der Waals surface area contributed by atoms with E-state index in [2.05, 4.69) is 54.6 Å². The lowest BCUT2D eigenvalue weighted by atomic mass is 10.3. The average Bonchev–Trinajstić information content (AvgIpc) is 3.05. The van der Waals surface area contributed by atoms with E-state index in [9.17, 15) is 0 Å². The Balaban J connectivity index is 0.000000300. The highest BCUT2D eigenvalue weighted by Gasteiger charge is 2.40. The van der Waals surface area contributed by atoms with Crippen molar-refractivity contribution >= 4 is 10.9 Å². The van der Waals surface area contributed by atoms with Gasteiger partial charge in [0, 0.05) is 6.42 Å². The van der Waals surface area contributed by atoms with Crippen LogP contribution in [0, 0.1) is 10.2 Å². The van der Waals surface area contributed by atoms with E-state index in [0.717, 1.165) is 11.5 Å². The van der Waals surface area contributed by atoms with Crippen molar-refractivity contribution in [2.24, 2.45) is 0 Å². The van der Waals surface area contributed by atoms with Crippen LogP contribution >= 0.6 is 0 Å². The Morgan fingerprint density at radius 1 is 0.833 bits per heavy atom. The van der Waals surface area contributed by atoms with Gasteiger partial charge in [-0.15, -0.1) is 10.2 Å². The first kappa shape index (κ1) is 17.3. The van der Waals surface area contributed by atoms with Gasteiger partial charge in [0.1, 0.15) is 15.8 Å². The zero-order valence-corrected chi connectivity index (χ0v) is 14.2. The summed E-state index contributed by atoms with van der Waals surface area (Å²) in [5, 5.41) is 0. The monoisotopic (exact) mass is 366 g/mol. The number of halogens is 1. The number of benzene rings is 2. The summed E-state index contributed by atoms with van der Waals surface area (Å²) in [5.74, 6) is 2.05. The molecular weight excluding hydrogens is 352 g/mol. The van der Waals surface area contributed by atoms with Gasteiger partial charge in [0.15, 0.2) is 11.5 Å². The molecule has 1 aliphatic carbocycles. The molecule has 4 rings (SSSR count). The van der Waals surface area contributed by atoms with Gasteiger partial charge in [0.2, 0.25) is 9.79 Å². The van der Waals surface area contributed by atoms with E-state index < -0.39 is 10.2 Å². The molecule has 0 unspecified atom stereocenters. The van der Waals surface area contributed by atoms with Crippen molar-refractivity contribution in [3.8, 4) is 11.5 Å². The normalized spacial score (nSPS) is 16.2. The Morgan fingerprint density at radius 2 is 1.33 bits per heavy atom. The number of ether oxygens (including phenoxy) is 1. The zero-order chi connectivity index (χ0) is 17.2. The fourth-order valence-electron chi connectivity index (χ4n) is 2.75. The molecule has 1 aliphatic heterocycles. The van der Waals surface area contributed by atoms with Crippen LogP contribution in [-0.4, -0.2) is 0 Å². The molecule has 24 heavy (non-hydrogen) atoms. The minimum absolute atomic E-state index is 0.0662. The summed E-state index contributed by atoms with van der Waals surface area (Å²) in [5.41, 5.74) is 0. The molecule has 0 radical (unpaired) electrons. The summed E-state index contributed by atoms with van der Waals surface area (Å²) in [6.45, 7) is 0. The van der Waals surface area contributed by atoms with Gasteiger partial charge in [-0.25, -0.2) is 18.6 Å². The first-order valence-electron chi connectivity index (χ1n) is 7.34. The molecule has 2 aromatic carbocycles. The predicted molar refractivity (Wildman–Crippen MR) is 78.8 cm³/mol. The molecule has 126 valence electrons. The average molecular weight is 367 g/mol. The number of hydrogen-bond donors (Lipinski definition) is 0. The van der Waals surface area contributed by atoms with Crippen LogP contribution in [0.5, 0.6) is 11.5 Å². The Bertz CT molecular complexity index is 705. The molecule has 0 spiro atoms. The molecule has 0 saturated carbocycles. The van der Waals surface area contributed by atoms with Crippen molar-refractivity contribution in [2.45, 2.75) is 29.1 Å². The van der Waals surface area contributed by atoms with Gasteiger partial charge < -0.3 is 4.74 Å². The van der Waals surface area contributed by atoms with E-state index >= 15 is 0 Å². The van der Waals surface area contributed by atoms with E-state index in [-0.39, 0.29) is 10.9 Å². The molecule has 0 bridgehead atoms. The van der Waals surface area contributed by atoms with Crippen molar-refractivity contribution in [1.29, 1.82) is 0 Å². The van der Waals surface area contributed by atoms with Crippen molar-refractivity contribution < 1.29 is 33.6 Å². The van der Waals surface area contributed by atoms with Crippen LogP contribution in [0.25, 0.3) is 0 Å². The van der Waals surface area contributed by atoms with Crippen LogP contribution < -0.4 is 23.4 Å². The van der Waals surface area contributed by atoms with Crippen LogP contribution in [0.2, 0.25) is 0 Å². The summed E-state index contributed by atoms with van der Waals surface area (Å²) in [6, 6.07) is 16.9. The van der Waals surface area contributed by atoms with Crippen LogP contribution in [0.3, 0.4) is 0 Å². The highest BCUT2D eigenvalue weighted by atomic mass is 35.7. The van der Waals surface area contributed by atoms with E-state index in [4.69, 9.17) is 23.4 Å². The Labute approximate surface area is 144 Å². The number of fused-ring (bicyclic) bond motifs is 2. The zero-order valence-electron chi connectivity index (χ0n) is 12.6. The van der Waals surface area contributed by atoms with Crippen LogP contribution in [0.4, 0.5) is 0 Å². The second-order valence-corrected chi connectivity index (χ2v) is 8.01. The topological polar surface area (TPSA) is 101 Å². The van der Waals surface area contributed by atoms with Gasteiger partial charge in [-0.05, 0) is 43.2 Å². The molecule has 0 saturated heterocycles. The van der Waals surface area contributed by atoms with E-state index in [1.54, 1.807) is 4.91 Å². The molecule has 1 heterocycles. The summed E-state index contributed by atoms with van der Waals surface area (Å²) in [6.07, 6.45) is 6.18. The van der Waals surface area contributed by atoms with Gasteiger partial charge in [-0.1, -0.05) is 24.3 Å². The Morgan fingerprint density at radius 3 is 1.79 bits per heavy atom. The second kappa shape index (κ2) is 7.14. The minimum atomic E-state index is -4.94. The standard InChI is InChI=1S/C17H15OS.ClHO4/c1-2-8-13(7-1)19-16-11-5-3-9-14(16)18-15-10-4-6-12-17(15)19;2-1(3,4)5/h3-7,9-12H,1-2,8H2;(H,2,3,4,5)/q+1;/p-1. The van der Waals surface area contributed by atoms with Gasteiger partial charge in [0.05, 0.1) is 0 Å². The molecule has 0 N–H and O–H groups in total. The smallest absolute Gasteiger partial charge is 0.208 e. The molecule has 2 aliphatic rings. The lowest BCUT2D eigenvalue weighted by Crippen LogP contribution is -2.68. The minimum Gasteiger partial charge on any atom is -0.447 e. The molecule has 0 aromatic heterocycles. The molecule has 7 heteroatoms. The Kier molecular flexibility index (Phi) is 5.15. The highest BCUT2D eigenvalue weighted by molar-refractivity contribution is 8.00. The van der Waals surface area contributed by atoms with E-state index in [1.165, 1.54) is 29.1 Å². The van der Waals surface area contributed by atoms with Crippen molar-refractivity contribution in [2.75, 3.05) is 0 Å². The van der Waals surface area contributed by atoms with E-state index in [1.807, 2.05) is 0 Å². The second-order valence-electron chi connectivity index (χ2n) is 5.24. The number of para-hydroxylation sites is 2. The van der Waals surface area contributed by atoms with Crippen LogP contribution in [-0.2, 0) is 10.9 Å². The van der Waals surface area contributed by atoms with Crippen LogP contribution in [0.15, 0.2) is 69.3 Å². The van der Waals surface area contributed by atoms with Crippen molar-refractivity contribution in [3.63, 3.8) is 0 Å².